The van der Waals surface area contributed by atoms with Gasteiger partial charge in [0.05, 0.1) is 0 Å². The minimum Gasteiger partial charge on any atom is -0.375 e. The molecule has 0 aliphatic carbocycles. The van der Waals surface area contributed by atoms with Gasteiger partial charge in [-0.25, -0.2) is 0 Å². The van der Waals surface area contributed by atoms with E-state index in [2.05, 4.69) is 43.1 Å². The Morgan fingerprint density at radius 2 is 1.86 bits per heavy atom. The van der Waals surface area contributed by atoms with Crippen LogP contribution in [0, 0.1) is 0 Å². The highest BCUT2D eigenvalue weighted by Crippen LogP contribution is 2.16. The van der Waals surface area contributed by atoms with E-state index in [1.807, 2.05) is 6.92 Å². The van der Waals surface area contributed by atoms with Crippen molar-refractivity contribution < 1.29 is 0 Å². The summed E-state index contributed by atoms with van der Waals surface area (Å²) in [5.41, 5.74) is 8.24. The molecule has 78 valence electrons. The van der Waals surface area contributed by atoms with Crippen LogP contribution < -0.4 is 10.6 Å². The fourth-order valence-electron chi connectivity index (χ4n) is 1.50. The lowest BCUT2D eigenvalue weighted by Gasteiger charge is -2.18. The molecule has 2 nitrogen and oxygen atoms in total. The number of hydrogen-bond acceptors (Lipinski definition) is 2. The van der Waals surface area contributed by atoms with Crippen LogP contribution in [0.3, 0.4) is 0 Å². The molecule has 1 unspecified atom stereocenters. The van der Waals surface area contributed by atoms with Gasteiger partial charge < -0.3 is 10.6 Å². The van der Waals surface area contributed by atoms with E-state index in [0.29, 0.717) is 0 Å². The summed E-state index contributed by atoms with van der Waals surface area (Å²) in [6.07, 6.45) is 1.17. The molecule has 1 rings (SSSR count). The predicted molar refractivity (Wildman–Crippen MR) is 62.6 cm³/mol. The van der Waals surface area contributed by atoms with Crippen molar-refractivity contribution in [2.24, 2.45) is 5.73 Å². The highest BCUT2D eigenvalue weighted by atomic mass is 15.1. The zero-order valence-corrected chi connectivity index (χ0v) is 9.33. The van der Waals surface area contributed by atoms with Gasteiger partial charge in [-0.1, -0.05) is 19.1 Å². The molecule has 0 saturated heterocycles. The molecular weight excluding hydrogens is 172 g/mol. The van der Waals surface area contributed by atoms with E-state index in [4.69, 9.17) is 5.73 Å². The lowest BCUT2D eigenvalue weighted by Crippen LogP contribution is -2.17. The molecule has 0 aromatic heterocycles. The molecular formula is C12H20N2. The summed E-state index contributed by atoms with van der Waals surface area (Å²) in [7, 11) is 2.12. The molecule has 1 aromatic carbocycles. The third-order valence-electron chi connectivity index (χ3n) is 2.42. The number of benzene rings is 1. The molecule has 0 radical (unpaired) electrons. The van der Waals surface area contributed by atoms with Crippen LogP contribution in [0.5, 0.6) is 0 Å². The van der Waals surface area contributed by atoms with Gasteiger partial charge in [-0.3, -0.25) is 0 Å². The molecule has 0 bridgehead atoms. The van der Waals surface area contributed by atoms with Crippen LogP contribution in [0.2, 0.25) is 0 Å². The van der Waals surface area contributed by atoms with Crippen molar-refractivity contribution in [1.82, 2.24) is 0 Å². The van der Waals surface area contributed by atoms with Gasteiger partial charge >= 0.3 is 0 Å². The average Bonchev–Trinajstić information content (AvgIpc) is 2.18. The molecule has 2 heteroatoms. The van der Waals surface area contributed by atoms with Gasteiger partial charge in [0.15, 0.2) is 0 Å². The maximum atomic E-state index is 5.78. The highest BCUT2D eigenvalue weighted by Gasteiger charge is 2.01. The normalized spacial score (nSPS) is 12.6. The minimum atomic E-state index is 0.125. The molecule has 2 N–H and O–H groups in total. The molecule has 0 fully saturated rings. The number of nitrogens with two attached hydrogens (primary N) is 1. The van der Waals surface area contributed by atoms with Crippen molar-refractivity contribution in [2.45, 2.75) is 26.3 Å². The smallest absolute Gasteiger partial charge is 0.0363 e. The lowest BCUT2D eigenvalue weighted by molar-refractivity contribution is 0.815. The highest BCUT2D eigenvalue weighted by molar-refractivity contribution is 5.47. The standard InChI is InChI=1S/C12H20N2/c1-4-9-14(3)12-7-5-11(6-8-12)10(2)13/h5-8,10H,4,9,13H2,1-3H3. The van der Waals surface area contributed by atoms with E-state index in [1.165, 1.54) is 17.7 Å². The van der Waals surface area contributed by atoms with Crippen LogP contribution in [-0.2, 0) is 0 Å². The van der Waals surface area contributed by atoms with Gasteiger partial charge in [-0.05, 0) is 31.0 Å². The largest absolute Gasteiger partial charge is 0.375 e. The van der Waals surface area contributed by atoms with Crippen LogP contribution >= 0.6 is 0 Å². The average molecular weight is 192 g/mol. The maximum Gasteiger partial charge on any atom is 0.0363 e. The third-order valence-corrected chi connectivity index (χ3v) is 2.42. The quantitative estimate of drug-likeness (QED) is 0.794. The van der Waals surface area contributed by atoms with E-state index in [0.717, 1.165) is 6.54 Å². The summed E-state index contributed by atoms with van der Waals surface area (Å²) in [5.74, 6) is 0. The van der Waals surface area contributed by atoms with Crippen molar-refractivity contribution in [3.63, 3.8) is 0 Å². The van der Waals surface area contributed by atoms with Crippen LogP contribution in [0.15, 0.2) is 24.3 Å². The molecule has 0 spiro atoms. The van der Waals surface area contributed by atoms with Crippen molar-refractivity contribution in [2.75, 3.05) is 18.5 Å². The van der Waals surface area contributed by atoms with E-state index >= 15 is 0 Å². The van der Waals surface area contributed by atoms with Crippen molar-refractivity contribution in [3.8, 4) is 0 Å². The zero-order valence-electron chi connectivity index (χ0n) is 9.33. The second-order valence-electron chi connectivity index (χ2n) is 3.80. The Kier molecular flexibility index (Phi) is 3.96. The minimum absolute atomic E-state index is 0.125. The SMILES string of the molecule is CCCN(C)c1ccc(C(C)N)cc1. The third kappa shape index (κ3) is 2.74. The summed E-state index contributed by atoms with van der Waals surface area (Å²) in [6.45, 7) is 5.29. The summed E-state index contributed by atoms with van der Waals surface area (Å²) in [4.78, 5) is 2.25. The topological polar surface area (TPSA) is 29.3 Å². The second-order valence-corrected chi connectivity index (χ2v) is 3.80. The van der Waals surface area contributed by atoms with Crippen LogP contribution in [-0.4, -0.2) is 13.6 Å². The monoisotopic (exact) mass is 192 g/mol. The molecule has 0 aliphatic rings. The van der Waals surface area contributed by atoms with Gasteiger partial charge in [0.1, 0.15) is 0 Å². The van der Waals surface area contributed by atoms with Gasteiger partial charge in [-0.15, -0.1) is 0 Å². The summed E-state index contributed by atoms with van der Waals surface area (Å²) in [5, 5.41) is 0. The van der Waals surface area contributed by atoms with Crippen molar-refractivity contribution in [1.29, 1.82) is 0 Å². The van der Waals surface area contributed by atoms with E-state index in [1.54, 1.807) is 0 Å². The van der Waals surface area contributed by atoms with Crippen LogP contribution in [0.25, 0.3) is 0 Å². The molecule has 1 atom stereocenters. The number of hydrogen-bond donors (Lipinski definition) is 1. The summed E-state index contributed by atoms with van der Waals surface area (Å²) < 4.78 is 0. The Hall–Kier alpha value is -1.02. The summed E-state index contributed by atoms with van der Waals surface area (Å²) in [6, 6.07) is 8.60. The Bertz CT molecular complexity index is 264. The Morgan fingerprint density at radius 3 is 2.29 bits per heavy atom. The number of nitrogens with zero attached hydrogens (tertiary/aromatic N) is 1. The second kappa shape index (κ2) is 5.01. The number of rotatable bonds is 4. The van der Waals surface area contributed by atoms with Crippen LogP contribution in [0.4, 0.5) is 5.69 Å². The van der Waals surface area contributed by atoms with Crippen molar-refractivity contribution >= 4 is 5.69 Å². The molecule has 0 aliphatic heterocycles. The molecule has 1 aromatic rings. The first-order valence-corrected chi connectivity index (χ1v) is 5.21. The molecule has 0 heterocycles. The first kappa shape index (κ1) is 11.1. The fourth-order valence-corrected chi connectivity index (χ4v) is 1.50. The van der Waals surface area contributed by atoms with Gasteiger partial charge in [0.2, 0.25) is 0 Å². The fraction of sp³-hybridized carbons (Fsp3) is 0.500. The van der Waals surface area contributed by atoms with Gasteiger partial charge in [-0.2, -0.15) is 0 Å². The van der Waals surface area contributed by atoms with E-state index in [-0.39, 0.29) is 6.04 Å². The predicted octanol–water partition coefficient (Wildman–Crippen LogP) is 2.55. The lowest BCUT2D eigenvalue weighted by atomic mass is 10.1. The van der Waals surface area contributed by atoms with Crippen molar-refractivity contribution in [3.05, 3.63) is 29.8 Å². The van der Waals surface area contributed by atoms with Gasteiger partial charge in [0, 0.05) is 25.3 Å². The first-order chi connectivity index (χ1) is 6.65. The van der Waals surface area contributed by atoms with Gasteiger partial charge in [0.25, 0.3) is 0 Å². The molecule has 14 heavy (non-hydrogen) atoms. The Balaban J connectivity index is 2.72. The Morgan fingerprint density at radius 1 is 1.29 bits per heavy atom. The molecule has 0 saturated carbocycles. The maximum absolute atomic E-state index is 5.78. The Labute approximate surface area is 86.7 Å². The summed E-state index contributed by atoms with van der Waals surface area (Å²) >= 11 is 0. The number of anilines is 1. The molecule has 0 amide bonds. The van der Waals surface area contributed by atoms with E-state index in [9.17, 15) is 0 Å². The van der Waals surface area contributed by atoms with E-state index < -0.39 is 0 Å². The van der Waals surface area contributed by atoms with Crippen LogP contribution in [0.1, 0.15) is 31.9 Å². The first-order valence-electron chi connectivity index (χ1n) is 5.21. The zero-order chi connectivity index (χ0) is 10.6.